The van der Waals surface area contributed by atoms with Gasteiger partial charge in [0, 0.05) is 43.1 Å². The zero-order chi connectivity index (χ0) is 23.7. The maximum atomic E-state index is 12.6. The van der Waals surface area contributed by atoms with E-state index in [-0.39, 0.29) is 12.5 Å². The Morgan fingerprint density at radius 2 is 1.83 bits per heavy atom. The minimum Gasteiger partial charge on any atom is -0.484 e. The van der Waals surface area contributed by atoms with Crippen molar-refractivity contribution in [3.05, 3.63) is 48.3 Å². The second-order valence-electron chi connectivity index (χ2n) is 9.60. The van der Waals surface area contributed by atoms with E-state index in [1.54, 1.807) is 0 Å². The Labute approximate surface area is 204 Å². The molecular weight excluding hydrogens is 444 g/mol. The van der Waals surface area contributed by atoms with Gasteiger partial charge < -0.3 is 24.1 Å². The van der Waals surface area contributed by atoms with Crippen LogP contribution in [0.15, 0.2) is 42.5 Å². The van der Waals surface area contributed by atoms with Crippen LogP contribution >= 0.6 is 0 Å². The standard InChI is InChI=1S/C27H30N4O4/c32-25(28-20-11-12-22-23(17-20)35-27(34-22)13-4-2-5-14-27)18-33-21-9-7-8-19(16-21)26-30-29-24-10-3-1-6-15-31(24)26/h7-9,11-12,16-17H,1-6,10,13-15,18H2,(H,28,32). The van der Waals surface area contributed by atoms with E-state index in [4.69, 9.17) is 14.2 Å². The van der Waals surface area contributed by atoms with Crippen LogP contribution in [0.5, 0.6) is 17.2 Å². The highest BCUT2D eigenvalue weighted by atomic mass is 16.7. The zero-order valence-electron chi connectivity index (χ0n) is 19.8. The summed E-state index contributed by atoms with van der Waals surface area (Å²) in [6.07, 6.45) is 9.69. The van der Waals surface area contributed by atoms with E-state index in [0.717, 1.165) is 74.5 Å². The summed E-state index contributed by atoms with van der Waals surface area (Å²) in [7, 11) is 0. The van der Waals surface area contributed by atoms with Gasteiger partial charge in [0.15, 0.2) is 23.9 Å². The number of aromatic nitrogens is 3. The molecule has 1 fully saturated rings. The number of amides is 1. The minimum atomic E-state index is -0.528. The molecule has 0 unspecified atom stereocenters. The van der Waals surface area contributed by atoms with Crippen molar-refractivity contribution in [3.63, 3.8) is 0 Å². The summed E-state index contributed by atoms with van der Waals surface area (Å²) in [5.74, 6) is 3.18. The number of carbonyl (C=O) groups excluding carboxylic acids is 1. The Morgan fingerprint density at radius 1 is 0.971 bits per heavy atom. The van der Waals surface area contributed by atoms with Crippen LogP contribution in [-0.4, -0.2) is 33.1 Å². The summed E-state index contributed by atoms with van der Waals surface area (Å²) >= 11 is 0. The van der Waals surface area contributed by atoms with Crippen LogP contribution in [0.1, 0.15) is 57.2 Å². The highest BCUT2D eigenvalue weighted by molar-refractivity contribution is 5.92. The van der Waals surface area contributed by atoms with Gasteiger partial charge in [-0.1, -0.05) is 25.0 Å². The van der Waals surface area contributed by atoms with Crippen LogP contribution in [0.4, 0.5) is 5.69 Å². The molecule has 0 bridgehead atoms. The van der Waals surface area contributed by atoms with Crippen molar-refractivity contribution < 1.29 is 19.0 Å². The van der Waals surface area contributed by atoms with Gasteiger partial charge in [-0.15, -0.1) is 10.2 Å². The Kier molecular flexibility index (Phi) is 5.80. The number of nitrogens with one attached hydrogen (secondary N) is 1. The van der Waals surface area contributed by atoms with Crippen molar-refractivity contribution in [1.82, 2.24) is 14.8 Å². The molecule has 0 radical (unpaired) electrons. The van der Waals surface area contributed by atoms with Crippen LogP contribution in [0, 0.1) is 0 Å². The lowest BCUT2D eigenvalue weighted by Gasteiger charge is -2.31. The first-order valence-corrected chi connectivity index (χ1v) is 12.6. The average Bonchev–Trinajstić information content (AvgIpc) is 3.35. The number of aryl methyl sites for hydroxylation is 1. The van der Waals surface area contributed by atoms with Gasteiger partial charge >= 0.3 is 0 Å². The third-order valence-electron chi connectivity index (χ3n) is 7.01. The third-order valence-corrected chi connectivity index (χ3v) is 7.01. The van der Waals surface area contributed by atoms with Crippen LogP contribution in [0.25, 0.3) is 11.4 Å². The number of anilines is 1. The van der Waals surface area contributed by atoms with Gasteiger partial charge in [-0.2, -0.15) is 0 Å². The minimum absolute atomic E-state index is 0.0974. The molecule has 0 saturated heterocycles. The van der Waals surface area contributed by atoms with E-state index in [2.05, 4.69) is 20.1 Å². The highest BCUT2D eigenvalue weighted by Gasteiger charge is 2.42. The molecule has 1 spiro atoms. The van der Waals surface area contributed by atoms with E-state index in [1.165, 1.54) is 12.8 Å². The number of nitrogens with zero attached hydrogens (tertiary/aromatic N) is 3. The van der Waals surface area contributed by atoms with Gasteiger partial charge in [0.1, 0.15) is 11.6 Å². The summed E-state index contributed by atoms with van der Waals surface area (Å²) in [4.78, 5) is 12.6. The van der Waals surface area contributed by atoms with Crippen molar-refractivity contribution in [1.29, 1.82) is 0 Å². The number of benzene rings is 2. The first kappa shape index (κ1) is 21.9. The summed E-state index contributed by atoms with van der Waals surface area (Å²) < 4.78 is 20.3. The quantitative estimate of drug-likeness (QED) is 0.552. The molecule has 182 valence electrons. The second kappa shape index (κ2) is 9.24. The number of rotatable bonds is 5. The maximum Gasteiger partial charge on any atom is 0.262 e. The monoisotopic (exact) mass is 474 g/mol. The Bertz CT molecular complexity index is 1230. The molecule has 8 nitrogen and oxygen atoms in total. The SMILES string of the molecule is O=C(COc1cccc(-c2nnc3n2CCCCC3)c1)Nc1ccc2c(c1)OC1(CCCCC1)O2. The summed E-state index contributed by atoms with van der Waals surface area (Å²) in [5.41, 5.74) is 1.60. The fourth-order valence-electron chi connectivity index (χ4n) is 5.24. The smallest absolute Gasteiger partial charge is 0.262 e. The lowest BCUT2D eigenvalue weighted by atomic mass is 9.94. The van der Waals surface area contributed by atoms with E-state index in [9.17, 15) is 4.79 Å². The number of hydrogen-bond donors (Lipinski definition) is 1. The fraction of sp³-hybridized carbons (Fsp3) is 0.444. The summed E-state index contributed by atoms with van der Waals surface area (Å²) in [6, 6.07) is 13.2. The normalized spacial score (nSPS) is 18.1. The molecule has 1 saturated carbocycles. The van der Waals surface area contributed by atoms with Crippen LogP contribution in [0.2, 0.25) is 0 Å². The van der Waals surface area contributed by atoms with E-state index >= 15 is 0 Å². The molecule has 2 aliphatic heterocycles. The van der Waals surface area contributed by atoms with Crippen molar-refractivity contribution in [3.8, 4) is 28.6 Å². The van der Waals surface area contributed by atoms with Crippen molar-refractivity contribution in [2.75, 3.05) is 11.9 Å². The van der Waals surface area contributed by atoms with E-state index in [0.29, 0.717) is 17.2 Å². The molecule has 2 aromatic carbocycles. The van der Waals surface area contributed by atoms with Gasteiger partial charge in [0.2, 0.25) is 0 Å². The predicted molar refractivity (Wildman–Crippen MR) is 131 cm³/mol. The first-order valence-electron chi connectivity index (χ1n) is 12.6. The van der Waals surface area contributed by atoms with Gasteiger partial charge in [0.05, 0.1) is 0 Å². The lowest BCUT2D eigenvalue weighted by Crippen LogP contribution is -2.40. The molecular formula is C27H30N4O4. The van der Waals surface area contributed by atoms with E-state index < -0.39 is 5.79 Å². The van der Waals surface area contributed by atoms with E-state index in [1.807, 2.05) is 42.5 Å². The van der Waals surface area contributed by atoms with Gasteiger partial charge in [-0.25, -0.2) is 0 Å². The molecule has 3 heterocycles. The average molecular weight is 475 g/mol. The zero-order valence-corrected chi connectivity index (χ0v) is 19.8. The second-order valence-corrected chi connectivity index (χ2v) is 9.60. The largest absolute Gasteiger partial charge is 0.484 e. The van der Waals surface area contributed by atoms with Crippen LogP contribution in [-0.2, 0) is 17.8 Å². The third kappa shape index (κ3) is 4.57. The molecule has 0 atom stereocenters. The topological polar surface area (TPSA) is 87.5 Å². The van der Waals surface area contributed by atoms with Crippen LogP contribution in [0.3, 0.4) is 0 Å². The molecule has 35 heavy (non-hydrogen) atoms. The van der Waals surface area contributed by atoms with Gasteiger partial charge in [-0.05, 0) is 49.9 Å². The molecule has 1 aliphatic carbocycles. The molecule has 1 aromatic heterocycles. The molecule has 1 N–H and O–H groups in total. The molecule has 3 aromatic rings. The summed E-state index contributed by atoms with van der Waals surface area (Å²) in [5, 5.41) is 11.7. The van der Waals surface area contributed by atoms with Crippen molar-refractivity contribution >= 4 is 11.6 Å². The Balaban J connectivity index is 1.08. The van der Waals surface area contributed by atoms with Crippen molar-refractivity contribution in [2.24, 2.45) is 0 Å². The Hall–Kier alpha value is -3.55. The Morgan fingerprint density at radius 3 is 2.74 bits per heavy atom. The number of hydrogen-bond acceptors (Lipinski definition) is 6. The molecule has 3 aliphatic rings. The summed E-state index contributed by atoms with van der Waals surface area (Å²) in [6.45, 7) is 0.835. The van der Waals surface area contributed by atoms with Gasteiger partial charge in [-0.3, -0.25) is 4.79 Å². The molecule has 6 rings (SSSR count). The maximum absolute atomic E-state index is 12.6. The van der Waals surface area contributed by atoms with Crippen molar-refractivity contribution in [2.45, 2.75) is 70.1 Å². The highest BCUT2D eigenvalue weighted by Crippen LogP contribution is 2.46. The molecule has 8 heteroatoms. The number of carbonyl (C=O) groups is 1. The number of ether oxygens (including phenoxy) is 3. The number of fused-ring (bicyclic) bond motifs is 2. The fourth-order valence-corrected chi connectivity index (χ4v) is 5.24. The molecule has 1 amide bonds. The first-order chi connectivity index (χ1) is 17.2. The predicted octanol–water partition coefficient (Wildman–Crippen LogP) is 5.12. The lowest BCUT2D eigenvalue weighted by molar-refractivity contribution is -0.118. The van der Waals surface area contributed by atoms with Gasteiger partial charge in [0.25, 0.3) is 11.7 Å². The van der Waals surface area contributed by atoms with Crippen LogP contribution < -0.4 is 19.5 Å².